The number of benzene rings is 2. The summed E-state index contributed by atoms with van der Waals surface area (Å²) in [6.07, 6.45) is 1.46. The van der Waals surface area contributed by atoms with E-state index in [4.69, 9.17) is 4.74 Å². The van der Waals surface area contributed by atoms with Crippen LogP contribution in [0.2, 0.25) is 0 Å². The molecule has 1 atom stereocenters. The highest BCUT2D eigenvalue weighted by molar-refractivity contribution is 7.85. The van der Waals surface area contributed by atoms with Gasteiger partial charge in [-0.25, -0.2) is 13.6 Å². The van der Waals surface area contributed by atoms with E-state index in [1.807, 2.05) is 51.1 Å². The van der Waals surface area contributed by atoms with Crippen LogP contribution in [-0.2, 0) is 17.6 Å². The summed E-state index contributed by atoms with van der Waals surface area (Å²) in [4.78, 5) is 4.51. The molecule has 0 bridgehead atoms. The van der Waals surface area contributed by atoms with Gasteiger partial charge in [-0.15, -0.1) is 0 Å². The monoisotopic (exact) mass is 384 g/mol. The molecule has 1 heterocycles. The van der Waals surface area contributed by atoms with Gasteiger partial charge in [-0.05, 0) is 50.6 Å². The van der Waals surface area contributed by atoms with Crippen molar-refractivity contribution in [3.05, 3.63) is 71.7 Å². The van der Waals surface area contributed by atoms with Gasteiger partial charge in [0.1, 0.15) is 34.9 Å². The molecule has 1 unspecified atom stereocenters. The van der Waals surface area contributed by atoms with Gasteiger partial charge in [0.2, 0.25) is 0 Å². The van der Waals surface area contributed by atoms with E-state index in [1.54, 1.807) is 12.1 Å². The molecule has 2 aromatic carbocycles. The van der Waals surface area contributed by atoms with Gasteiger partial charge >= 0.3 is 0 Å². The summed E-state index contributed by atoms with van der Waals surface area (Å²) in [6, 6.07) is 15.8. The first-order valence-corrected chi connectivity index (χ1v) is 9.67. The van der Waals surface area contributed by atoms with Gasteiger partial charge in [-0.3, -0.25) is 0 Å². The van der Waals surface area contributed by atoms with Crippen molar-refractivity contribution in [2.24, 2.45) is 4.40 Å². The predicted octanol–water partition coefficient (Wildman–Crippen LogP) is 4.83. The second-order valence-corrected chi connectivity index (χ2v) is 9.01. The molecule has 6 heteroatoms. The molecule has 0 fully saturated rings. The third-order valence-electron chi connectivity index (χ3n) is 3.80. The lowest BCUT2D eigenvalue weighted by Gasteiger charge is -2.13. The standard InChI is InChI=1S/C21H21FN2O2S/c1-21(2,3)27(25)23-13-19-20(26-14-15-7-5-4-6-8-15)12-16-11-17(22)9-10-18(16)24-19/h4-13H,14H2,1-3H3. The van der Waals surface area contributed by atoms with Crippen LogP contribution in [0.25, 0.3) is 10.9 Å². The molecule has 140 valence electrons. The third kappa shape index (κ3) is 4.98. The first kappa shape index (κ1) is 19.2. The van der Waals surface area contributed by atoms with E-state index < -0.39 is 15.7 Å². The zero-order valence-electron chi connectivity index (χ0n) is 15.5. The van der Waals surface area contributed by atoms with Crippen LogP contribution in [0.15, 0.2) is 59.0 Å². The summed E-state index contributed by atoms with van der Waals surface area (Å²) in [6.45, 7) is 5.89. The Morgan fingerprint density at radius 3 is 2.59 bits per heavy atom. The number of hydrogen-bond donors (Lipinski definition) is 0. The molecule has 1 aromatic heterocycles. The van der Waals surface area contributed by atoms with Crippen molar-refractivity contribution in [1.29, 1.82) is 0 Å². The first-order valence-electron chi connectivity index (χ1n) is 8.56. The number of pyridine rings is 1. The smallest absolute Gasteiger partial charge is 0.147 e. The third-order valence-corrected chi connectivity index (χ3v) is 5.15. The van der Waals surface area contributed by atoms with Crippen molar-refractivity contribution in [3.63, 3.8) is 0 Å². The quantitative estimate of drug-likeness (QED) is 0.592. The van der Waals surface area contributed by atoms with Crippen LogP contribution in [0.3, 0.4) is 0 Å². The van der Waals surface area contributed by atoms with Crippen LogP contribution in [0.1, 0.15) is 32.0 Å². The highest BCUT2D eigenvalue weighted by Crippen LogP contribution is 2.24. The largest absolute Gasteiger partial charge is 0.487 e. The summed E-state index contributed by atoms with van der Waals surface area (Å²) < 4.78 is 35.4. The van der Waals surface area contributed by atoms with E-state index in [9.17, 15) is 8.60 Å². The van der Waals surface area contributed by atoms with Gasteiger partial charge in [0.15, 0.2) is 0 Å². The van der Waals surface area contributed by atoms with Gasteiger partial charge in [0.25, 0.3) is 0 Å². The van der Waals surface area contributed by atoms with Crippen LogP contribution in [-0.4, -0.2) is 20.2 Å². The van der Waals surface area contributed by atoms with Crippen molar-refractivity contribution in [1.82, 2.24) is 4.98 Å². The Kier molecular flexibility index (Phi) is 5.65. The summed E-state index contributed by atoms with van der Waals surface area (Å²) in [5.41, 5.74) is 2.08. The molecule has 0 radical (unpaired) electrons. The predicted molar refractivity (Wildman–Crippen MR) is 108 cm³/mol. The van der Waals surface area contributed by atoms with Crippen molar-refractivity contribution in [2.75, 3.05) is 0 Å². The van der Waals surface area contributed by atoms with E-state index in [1.165, 1.54) is 18.3 Å². The fourth-order valence-corrected chi connectivity index (χ4v) is 2.85. The van der Waals surface area contributed by atoms with Crippen molar-refractivity contribution >= 4 is 28.1 Å². The molecular formula is C21H21FN2O2S. The summed E-state index contributed by atoms with van der Waals surface area (Å²) in [5.74, 6) is 0.125. The molecule has 4 nitrogen and oxygen atoms in total. The van der Waals surface area contributed by atoms with E-state index >= 15 is 0 Å². The van der Waals surface area contributed by atoms with E-state index in [0.29, 0.717) is 29.0 Å². The minimum Gasteiger partial charge on any atom is -0.487 e. The Morgan fingerprint density at radius 1 is 1.15 bits per heavy atom. The zero-order valence-corrected chi connectivity index (χ0v) is 16.3. The Morgan fingerprint density at radius 2 is 1.89 bits per heavy atom. The van der Waals surface area contributed by atoms with Crippen molar-refractivity contribution in [3.8, 4) is 5.75 Å². The number of nitrogens with zero attached hydrogens (tertiary/aromatic N) is 2. The number of rotatable bonds is 5. The summed E-state index contributed by atoms with van der Waals surface area (Å²) >= 11 is 0. The normalized spacial score (nSPS) is 13.2. The lowest BCUT2D eigenvalue weighted by molar-refractivity contribution is 0.305. The highest BCUT2D eigenvalue weighted by atomic mass is 32.2. The highest BCUT2D eigenvalue weighted by Gasteiger charge is 2.18. The first-order chi connectivity index (χ1) is 12.8. The number of aromatic nitrogens is 1. The van der Waals surface area contributed by atoms with Crippen LogP contribution in [0.5, 0.6) is 5.75 Å². The van der Waals surface area contributed by atoms with Crippen LogP contribution in [0.4, 0.5) is 4.39 Å². The second kappa shape index (κ2) is 7.96. The molecule has 0 aliphatic rings. The summed E-state index contributed by atoms with van der Waals surface area (Å²) in [7, 11) is -1.41. The van der Waals surface area contributed by atoms with E-state index in [2.05, 4.69) is 9.38 Å². The average molecular weight is 384 g/mol. The maximum atomic E-state index is 13.6. The number of fused-ring (bicyclic) bond motifs is 1. The SMILES string of the molecule is CC(C)(C)S(=O)N=Cc1nc2ccc(F)cc2cc1OCc1ccccc1. The second-order valence-electron chi connectivity index (χ2n) is 7.08. The fraction of sp³-hybridized carbons (Fsp3) is 0.238. The van der Waals surface area contributed by atoms with Crippen molar-refractivity contribution < 1.29 is 13.3 Å². The number of hydrogen-bond acceptors (Lipinski definition) is 3. The molecule has 0 N–H and O–H groups in total. The molecule has 0 aliphatic heterocycles. The van der Waals surface area contributed by atoms with E-state index in [-0.39, 0.29) is 5.82 Å². The molecule has 3 rings (SSSR count). The summed E-state index contributed by atoms with van der Waals surface area (Å²) in [5, 5.41) is 0.632. The van der Waals surface area contributed by atoms with Gasteiger partial charge in [-0.2, -0.15) is 4.40 Å². The van der Waals surface area contributed by atoms with Crippen LogP contribution in [0, 0.1) is 5.82 Å². The molecule has 0 aliphatic carbocycles. The molecule has 0 saturated carbocycles. The number of ether oxygens (including phenoxy) is 1. The molecular weight excluding hydrogens is 363 g/mol. The fourth-order valence-electron chi connectivity index (χ4n) is 2.34. The van der Waals surface area contributed by atoms with Gasteiger partial charge in [-0.1, -0.05) is 30.3 Å². The van der Waals surface area contributed by atoms with Crippen molar-refractivity contribution in [2.45, 2.75) is 32.1 Å². The molecule has 0 spiro atoms. The van der Waals surface area contributed by atoms with Gasteiger partial charge in [0, 0.05) is 5.39 Å². The number of halogens is 1. The molecule has 0 saturated heterocycles. The maximum Gasteiger partial charge on any atom is 0.147 e. The maximum absolute atomic E-state index is 13.6. The lowest BCUT2D eigenvalue weighted by Crippen LogP contribution is -2.19. The minimum absolute atomic E-state index is 0.339. The van der Waals surface area contributed by atoms with Gasteiger partial charge in [0.05, 0.1) is 16.5 Å². The zero-order chi connectivity index (χ0) is 19.4. The average Bonchev–Trinajstić information content (AvgIpc) is 2.64. The Bertz CT molecular complexity index is 998. The Hall–Kier alpha value is -2.60. The van der Waals surface area contributed by atoms with Crippen LogP contribution >= 0.6 is 0 Å². The Labute approximate surface area is 160 Å². The molecule has 3 aromatic rings. The van der Waals surface area contributed by atoms with Gasteiger partial charge < -0.3 is 4.74 Å². The lowest BCUT2D eigenvalue weighted by atomic mass is 10.2. The Balaban J connectivity index is 1.97. The van der Waals surface area contributed by atoms with E-state index in [0.717, 1.165) is 5.56 Å². The molecule has 0 amide bonds. The molecule has 27 heavy (non-hydrogen) atoms. The minimum atomic E-state index is -1.41. The van der Waals surface area contributed by atoms with Crippen LogP contribution < -0.4 is 4.74 Å². The topological polar surface area (TPSA) is 51.5 Å².